The Balaban J connectivity index is 1.69. The van der Waals surface area contributed by atoms with Gasteiger partial charge in [0.25, 0.3) is 0 Å². The van der Waals surface area contributed by atoms with Crippen molar-refractivity contribution in [2.24, 2.45) is 0 Å². The molecule has 166 valence electrons. The molecule has 0 aliphatic heterocycles. The number of nitrogens with zero attached hydrogens (tertiary/aromatic N) is 1. The zero-order valence-electron chi connectivity index (χ0n) is 18.5. The van der Waals surface area contributed by atoms with Gasteiger partial charge in [0.1, 0.15) is 5.75 Å². The summed E-state index contributed by atoms with van der Waals surface area (Å²) < 4.78 is 5.35. The van der Waals surface area contributed by atoms with E-state index in [9.17, 15) is 9.59 Å². The molecule has 0 fully saturated rings. The van der Waals surface area contributed by atoms with E-state index in [0.717, 1.165) is 11.1 Å². The van der Waals surface area contributed by atoms with Crippen molar-refractivity contribution in [2.75, 3.05) is 19.0 Å². The maximum absolute atomic E-state index is 13.2. The van der Waals surface area contributed by atoms with Crippen LogP contribution in [0.15, 0.2) is 84.9 Å². The number of methoxy groups -OCH3 is 1. The molecule has 3 rings (SSSR count). The van der Waals surface area contributed by atoms with Gasteiger partial charge in [0.15, 0.2) is 0 Å². The number of carbonyl (C=O) groups is 2. The number of amides is 3. The molecule has 32 heavy (non-hydrogen) atoms. The van der Waals surface area contributed by atoms with Crippen molar-refractivity contribution in [2.45, 2.75) is 25.9 Å². The average Bonchev–Trinajstić information content (AvgIpc) is 2.84. The summed E-state index contributed by atoms with van der Waals surface area (Å²) in [6.45, 7) is 2.69. The highest BCUT2D eigenvalue weighted by molar-refractivity contribution is 5.91. The maximum Gasteiger partial charge on any atom is 0.322 e. The largest absolute Gasteiger partial charge is 0.495 e. The van der Waals surface area contributed by atoms with E-state index in [0.29, 0.717) is 18.0 Å². The highest BCUT2D eigenvalue weighted by Crippen LogP contribution is 2.26. The Kier molecular flexibility index (Phi) is 8.26. The number of para-hydroxylation sites is 2. The molecular formula is C26H29N3O3. The number of hydrogen-bond acceptors (Lipinski definition) is 3. The van der Waals surface area contributed by atoms with Crippen molar-refractivity contribution in [3.63, 3.8) is 0 Å². The van der Waals surface area contributed by atoms with E-state index in [1.807, 2.05) is 79.7 Å². The Labute approximate surface area is 189 Å². The van der Waals surface area contributed by atoms with Gasteiger partial charge in [0.2, 0.25) is 5.91 Å². The third-order valence-corrected chi connectivity index (χ3v) is 5.27. The molecule has 6 nitrogen and oxygen atoms in total. The van der Waals surface area contributed by atoms with E-state index >= 15 is 0 Å². The molecule has 2 N–H and O–H groups in total. The lowest BCUT2D eigenvalue weighted by molar-refractivity contribution is -0.121. The molecule has 0 saturated heterocycles. The van der Waals surface area contributed by atoms with Gasteiger partial charge < -0.3 is 20.3 Å². The van der Waals surface area contributed by atoms with E-state index in [4.69, 9.17) is 4.74 Å². The minimum atomic E-state index is -0.290. The standard InChI is InChI=1S/C26H29N3O3/c1-20(22-13-7-4-8-14-22)29(26(31)28-23-15-9-10-16-24(23)32-2)18-17-25(30)27-19-21-11-5-3-6-12-21/h3-16,20H,17-19H2,1-2H3,(H,27,30)(H,28,31). The van der Waals surface area contributed by atoms with Gasteiger partial charge in [-0.15, -0.1) is 0 Å². The van der Waals surface area contributed by atoms with E-state index in [2.05, 4.69) is 10.6 Å². The van der Waals surface area contributed by atoms with Crippen LogP contribution in [-0.4, -0.2) is 30.5 Å². The number of hydrogen-bond donors (Lipinski definition) is 2. The number of nitrogens with one attached hydrogen (secondary N) is 2. The number of rotatable bonds is 9. The Hall–Kier alpha value is -3.80. The fourth-order valence-corrected chi connectivity index (χ4v) is 3.42. The fourth-order valence-electron chi connectivity index (χ4n) is 3.42. The van der Waals surface area contributed by atoms with Crippen LogP contribution in [0.1, 0.15) is 30.5 Å². The third-order valence-electron chi connectivity index (χ3n) is 5.27. The highest BCUT2D eigenvalue weighted by Gasteiger charge is 2.23. The van der Waals surface area contributed by atoms with Crippen molar-refractivity contribution >= 4 is 17.6 Å². The first-order chi connectivity index (χ1) is 15.6. The van der Waals surface area contributed by atoms with Crippen LogP contribution < -0.4 is 15.4 Å². The van der Waals surface area contributed by atoms with Gasteiger partial charge in [-0.1, -0.05) is 72.8 Å². The third kappa shape index (κ3) is 6.35. The molecule has 0 saturated carbocycles. The summed E-state index contributed by atoms with van der Waals surface area (Å²) in [5, 5.41) is 5.85. The Morgan fingerprint density at radius 3 is 2.22 bits per heavy atom. The summed E-state index contributed by atoms with van der Waals surface area (Å²) in [5.74, 6) is 0.470. The Morgan fingerprint density at radius 2 is 1.53 bits per heavy atom. The second kappa shape index (κ2) is 11.6. The van der Waals surface area contributed by atoms with E-state index in [1.54, 1.807) is 24.1 Å². The first-order valence-electron chi connectivity index (χ1n) is 10.6. The minimum absolute atomic E-state index is 0.107. The molecule has 0 spiro atoms. The first-order valence-corrected chi connectivity index (χ1v) is 10.6. The molecule has 0 aromatic heterocycles. The molecule has 0 aliphatic rings. The second-order valence-electron chi connectivity index (χ2n) is 7.42. The molecule has 1 atom stereocenters. The van der Waals surface area contributed by atoms with E-state index in [-0.39, 0.29) is 30.9 Å². The van der Waals surface area contributed by atoms with Gasteiger partial charge in [-0.25, -0.2) is 4.79 Å². The van der Waals surface area contributed by atoms with E-state index < -0.39 is 0 Å². The summed E-state index contributed by atoms with van der Waals surface area (Å²) in [5.41, 5.74) is 2.61. The zero-order chi connectivity index (χ0) is 22.8. The summed E-state index contributed by atoms with van der Waals surface area (Å²) in [7, 11) is 1.56. The van der Waals surface area contributed by atoms with Crippen LogP contribution in [0.2, 0.25) is 0 Å². The predicted octanol–water partition coefficient (Wildman–Crippen LogP) is 5.00. The van der Waals surface area contributed by atoms with Gasteiger partial charge in [-0.2, -0.15) is 0 Å². The number of benzene rings is 3. The second-order valence-corrected chi connectivity index (χ2v) is 7.42. The quantitative estimate of drug-likeness (QED) is 0.501. The topological polar surface area (TPSA) is 70.7 Å². The van der Waals surface area contributed by atoms with Gasteiger partial charge >= 0.3 is 6.03 Å². The molecule has 6 heteroatoms. The molecule has 0 radical (unpaired) electrons. The average molecular weight is 432 g/mol. The lowest BCUT2D eigenvalue weighted by Gasteiger charge is -2.30. The Morgan fingerprint density at radius 1 is 0.906 bits per heavy atom. The monoisotopic (exact) mass is 431 g/mol. The van der Waals surface area contributed by atoms with Crippen LogP contribution in [0.3, 0.4) is 0 Å². The lowest BCUT2D eigenvalue weighted by Crippen LogP contribution is -2.39. The van der Waals surface area contributed by atoms with Gasteiger partial charge in [0.05, 0.1) is 18.8 Å². The van der Waals surface area contributed by atoms with Crippen molar-refractivity contribution in [1.82, 2.24) is 10.2 Å². The van der Waals surface area contributed by atoms with Crippen LogP contribution >= 0.6 is 0 Å². The van der Waals surface area contributed by atoms with Crippen LogP contribution in [0.25, 0.3) is 0 Å². The van der Waals surface area contributed by atoms with Crippen LogP contribution in [0.4, 0.5) is 10.5 Å². The number of carbonyl (C=O) groups excluding carboxylic acids is 2. The van der Waals surface area contributed by atoms with Gasteiger partial charge in [0, 0.05) is 19.5 Å². The minimum Gasteiger partial charge on any atom is -0.495 e. The van der Waals surface area contributed by atoms with Crippen LogP contribution in [0.5, 0.6) is 5.75 Å². The van der Waals surface area contributed by atoms with Crippen molar-refractivity contribution < 1.29 is 14.3 Å². The normalized spacial score (nSPS) is 11.3. The van der Waals surface area contributed by atoms with Gasteiger partial charge in [-0.3, -0.25) is 4.79 Å². The predicted molar refractivity (Wildman–Crippen MR) is 126 cm³/mol. The molecule has 1 unspecified atom stereocenters. The molecule has 0 aliphatic carbocycles. The molecule has 0 bridgehead atoms. The SMILES string of the molecule is COc1ccccc1NC(=O)N(CCC(=O)NCc1ccccc1)C(C)c1ccccc1. The molecule has 0 heterocycles. The van der Waals surface area contributed by atoms with Crippen LogP contribution in [0, 0.1) is 0 Å². The number of urea groups is 1. The summed E-state index contributed by atoms with van der Waals surface area (Å²) in [4.78, 5) is 27.4. The van der Waals surface area contributed by atoms with Gasteiger partial charge in [-0.05, 0) is 30.2 Å². The number of ether oxygens (including phenoxy) is 1. The van der Waals surface area contributed by atoms with Crippen molar-refractivity contribution in [3.05, 3.63) is 96.1 Å². The lowest BCUT2D eigenvalue weighted by atomic mass is 10.1. The fraction of sp³-hybridized carbons (Fsp3) is 0.231. The first kappa shape index (κ1) is 22.9. The highest BCUT2D eigenvalue weighted by atomic mass is 16.5. The molecule has 3 amide bonds. The van der Waals surface area contributed by atoms with E-state index in [1.165, 1.54) is 0 Å². The summed E-state index contributed by atoms with van der Waals surface area (Å²) >= 11 is 0. The van der Waals surface area contributed by atoms with Crippen molar-refractivity contribution in [3.8, 4) is 5.75 Å². The molecular weight excluding hydrogens is 402 g/mol. The Bertz CT molecular complexity index is 1010. The summed E-state index contributed by atoms with van der Waals surface area (Å²) in [6.07, 6.45) is 0.198. The maximum atomic E-state index is 13.2. The van der Waals surface area contributed by atoms with Crippen molar-refractivity contribution in [1.29, 1.82) is 0 Å². The zero-order valence-corrected chi connectivity index (χ0v) is 18.5. The molecule has 3 aromatic carbocycles. The summed E-state index contributed by atoms with van der Waals surface area (Å²) in [6, 6.07) is 26.3. The number of anilines is 1. The molecule has 3 aromatic rings. The van der Waals surface area contributed by atoms with Crippen LogP contribution in [-0.2, 0) is 11.3 Å². The smallest absolute Gasteiger partial charge is 0.322 e.